The highest BCUT2D eigenvalue weighted by molar-refractivity contribution is 5.59. The summed E-state index contributed by atoms with van der Waals surface area (Å²) in [6, 6.07) is 10.4. The molecular formula is C19H20FN7. The summed E-state index contributed by atoms with van der Waals surface area (Å²) in [7, 11) is 2.03. The van der Waals surface area contributed by atoms with Crippen molar-refractivity contribution in [2.45, 2.75) is 19.8 Å². The van der Waals surface area contributed by atoms with E-state index < -0.39 is 0 Å². The van der Waals surface area contributed by atoms with Crippen LogP contribution in [0.3, 0.4) is 0 Å². The highest BCUT2D eigenvalue weighted by atomic mass is 19.1. The Kier molecular flexibility index (Phi) is 4.53. The van der Waals surface area contributed by atoms with E-state index in [2.05, 4.69) is 30.2 Å². The van der Waals surface area contributed by atoms with Gasteiger partial charge in [-0.25, -0.2) is 9.37 Å². The van der Waals surface area contributed by atoms with E-state index in [4.69, 9.17) is 0 Å². The summed E-state index contributed by atoms with van der Waals surface area (Å²) in [6.07, 6.45) is 3.32. The van der Waals surface area contributed by atoms with E-state index in [0.717, 1.165) is 47.8 Å². The molecule has 0 atom stereocenters. The first-order valence-electron chi connectivity index (χ1n) is 8.79. The Labute approximate surface area is 155 Å². The summed E-state index contributed by atoms with van der Waals surface area (Å²) in [6.45, 7) is 2.80. The Hall–Kier alpha value is -3.29. The largest absolute Gasteiger partial charge is 0.359 e. The summed E-state index contributed by atoms with van der Waals surface area (Å²) >= 11 is 0. The average molecular weight is 365 g/mol. The van der Waals surface area contributed by atoms with Crippen molar-refractivity contribution < 1.29 is 4.39 Å². The number of aryl methyl sites for hydroxylation is 2. The fourth-order valence-electron chi connectivity index (χ4n) is 3.06. The van der Waals surface area contributed by atoms with Crippen LogP contribution in [-0.2, 0) is 6.42 Å². The molecule has 0 unspecified atom stereocenters. The Balaban J connectivity index is 1.39. The molecular weight excluding hydrogens is 345 g/mol. The van der Waals surface area contributed by atoms with Gasteiger partial charge in [0.15, 0.2) is 0 Å². The lowest BCUT2D eigenvalue weighted by atomic mass is 10.1. The fourth-order valence-corrected chi connectivity index (χ4v) is 3.06. The molecule has 7 nitrogen and oxygen atoms in total. The van der Waals surface area contributed by atoms with E-state index in [-0.39, 0.29) is 5.82 Å². The van der Waals surface area contributed by atoms with Gasteiger partial charge in [-0.15, -0.1) is 0 Å². The number of H-pyrrole nitrogens is 1. The van der Waals surface area contributed by atoms with E-state index in [0.29, 0.717) is 5.78 Å². The quantitative estimate of drug-likeness (QED) is 0.568. The molecule has 0 bridgehead atoms. The number of hydrogen-bond donors (Lipinski definition) is 1. The van der Waals surface area contributed by atoms with Crippen molar-refractivity contribution in [3.05, 3.63) is 59.9 Å². The molecule has 4 rings (SSSR count). The Bertz CT molecular complexity index is 1050. The predicted octanol–water partition coefficient (Wildman–Crippen LogP) is 3.03. The van der Waals surface area contributed by atoms with E-state index in [1.165, 1.54) is 18.5 Å². The van der Waals surface area contributed by atoms with E-state index in [1.54, 1.807) is 16.6 Å². The van der Waals surface area contributed by atoms with Gasteiger partial charge < -0.3 is 4.90 Å². The number of halogens is 1. The third-order valence-corrected chi connectivity index (χ3v) is 4.46. The lowest BCUT2D eigenvalue weighted by Gasteiger charge is -2.19. The smallest absolute Gasteiger partial charge is 0.254 e. The summed E-state index contributed by atoms with van der Waals surface area (Å²) < 4.78 is 14.8. The number of aromatic amines is 1. The number of nitrogens with one attached hydrogen (secondary N) is 1. The van der Waals surface area contributed by atoms with Gasteiger partial charge in [0.25, 0.3) is 5.78 Å². The minimum Gasteiger partial charge on any atom is -0.359 e. The van der Waals surface area contributed by atoms with E-state index in [1.807, 2.05) is 26.1 Å². The number of rotatable bonds is 6. The van der Waals surface area contributed by atoms with Crippen LogP contribution in [0.5, 0.6) is 0 Å². The van der Waals surface area contributed by atoms with Crippen molar-refractivity contribution in [2.75, 3.05) is 18.5 Å². The molecule has 3 aromatic heterocycles. The maximum absolute atomic E-state index is 13.0. The van der Waals surface area contributed by atoms with Crippen LogP contribution in [0.4, 0.5) is 10.2 Å². The van der Waals surface area contributed by atoms with Crippen LogP contribution in [0.2, 0.25) is 0 Å². The summed E-state index contributed by atoms with van der Waals surface area (Å²) in [5, 5.41) is 11.6. The molecule has 4 aromatic rings. The van der Waals surface area contributed by atoms with Crippen LogP contribution >= 0.6 is 0 Å². The zero-order chi connectivity index (χ0) is 18.8. The zero-order valence-electron chi connectivity index (χ0n) is 15.2. The third kappa shape index (κ3) is 3.64. The number of nitrogens with zero attached hydrogens (tertiary/aromatic N) is 6. The Morgan fingerprint density at radius 2 is 2.00 bits per heavy atom. The zero-order valence-corrected chi connectivity index (χ0v) is 15.2. The molecule has 0 spiro atoms. The molecule has 27 heavy (non-hydrogen) atoms. The predicted molar refractivity (Wildman–Crippen MR) is 101 cm³/mol. The molecule has 0 saturated carbocycles. The molecule has 1 aromatic carbocycles. The molecule has 0 amide bonds. The molecule has 0 aliphatic carbocycles. The molecule has 138 valence electrons. The Morgan fingerprint density at radius 1 is 1.19 bits per heavy atom. The van der Waals surface area contributed by atoms with Gasteiger partial charge >= 0.3 is 0 Å². The summed E-state index contributed by atoms with van der Waals surface area (Å²) in [5.41, 5.74) is 3.69. The highest BCUT2D eigenvalue weighted by Crippen LogP contribution is 2.19. The van der Waals surface area contributed by atoms with Crippen molar-refractivity contribution in [1.29, 1.82) is 0 Å². The number of fused-ring (bicyclic) bond motifs is 1. The summed E-state index contributed by atoms with van der Waals surface area (Å²) in [5.74, 6) is 1.33. The van der Waals surface area contributed by atoms with Crippen LogP contribution in [-0.4, -0.2) is 43.4 Å². The molecule has 3 heterocycles. The number of benzene rings is 1. The second kappa shape index (κ2) is 7.14. The number of aromatic nitrogens is 6. The van der Waals surface area contributed by atoms with Crippen molar-refractivity contribution in [3.8, 4) is 11.3 Å². The van der Waals surface area contributed by atoms with Gasteiger partial charge in [-0.05, 0) is 50.1 Å². The van der Waals surface area contributed by atoms with E-state index in [9.17, 15) is 4.39 Å². The Morgan fingerprint density at radius 3 is 2.81 bits per heavy atom. The van der Waals surface area contributed by atoms with Crippen molar-refractivity contribution >= 4 is 11.6 Å². The lowest BCUT2D eigenvalue weighted by Crippen LogP contribution is -2.22. The van der Waals surface area contributed by atoms with Crippen LogP contribution in [0.1, 0.15) is 17.8 Å². The first-order chi connectivity index (χ1) is 13.1. The van der Waals surface area contributed by atoms with Gasteiger partial charge in [0, 0.05) is 36.6 Å². The normalized spacial score (nSPS) is 11.2. The molecule has 0 aliphatic heterocycles. The molecule has 8 heteroatoms. The minimum atomic E-state index is -0.245. The van der Waals surface area contributed by atoms with Gasteiger partial charge in [0.1, 0.15) is 18.0 Å². The maximum atomic E-state index is 13.0. The molecule has 0 saturated heterocycles. The number of hydrogen-bond acceptors (Lipinski definition) is 5. The SMILES string of the molecule is Cc1cc(N(C)CCCc2cc(-c3ccc(F)cc3)n[nH]2)n2ncnc2n1. The molecule has 0 fully saturated rings. The highest BCUT2D eigenvalue weighted by Gasteiger charge is 2.10. The van der Waals surface area contributed by atoms with Gasteiger partial charge in [-0.3, -0.25) is 5.10 Å². The first-order valence-corrected chi connectivity index (χ1v) is 8.79. The standard InChI is InChI=1S/C19H20FN7/c1-13-10-18(27-19(23-13)21-12-22-27)26(2)9-3-4-16-11-17(25-24-16)14-5-7-15(20)8-6-14/h5-8,10-12H,3-4,9H2,1-2H3,(H,24,25). The van der Waals surface area contributed by atoms with Crippen molar-refractivity contribution in [1.82, 2.24) is 29.8 Å². The second-order valence-electron chi connectivity index (χ2n) is 6.54. The van der Waals surface area contributed by atoms with Crippen LogP contribution in [0, 0.1) is 12.7 Å². The molecule has 0 aliphatic rings. The van der Waals surface area contributed by atoms with Crippen molar-refractivity contribution in [2.24, 2.45) is 0 Å². The van der Waals surface area contributed by atoms with E-state index >= 15 is 0 Å². The van der Waals surface area contributed by atoms with Crippen LogP contribution in [0.25, 0.3) is 17.0 Å². The van der Waals surface area contributed by atoms with Gasteiger partial charge in [-0.2, -0.15) is 19.7 Å². The van der Waals surface area contributed by atoms with Crippen molar-refractivity contribution in [3.63, 3.8) is 0 Å². The fraction of sp³-hybridized carbons (Fsp3) is 0.263. The lowest BCUT2D eigenvalue weighted by molar-refractivity contribution is 0.628. The van der Waals surface area contributed by atoms with Crippen LogP contribution in [0.15, 0.2) is 42.7 Å². The monoisotopic (exact) mass is 365 g/mol. The third-order valence-electron chi connectivity index (χ3n) is 4.46. The second-order valence-corrected chi connectivity index (χ2v) is 6.54. The molecule has 1 N–H and O–H groups in total. The van der Waals surface area contributed by atoms with Gasteiger partial charge in [0.2, 0.25) is 0 Å². The maximum Gasteiger partial charge on any atom is 0.254 e. The van der Waals surface area contributed by atoms with Gasteiger partial charge in [-0.1, -0.05) is 0 Å². The minimum absolute atomic E-state index is 0.245. The average Bonchev–Trinajstić information content (AvgIpc) is 3.31. The first kappa shape index (κ1) is 17.1. The molecule has 0 radical (unpaired) electrons. The summed E-state index contributed by atoms with van der Waals surface area (Å²) in [4.78, 5) is 10.7. The van der Waals surface area contributed by atoms with Gasteiger partial charge in [0.05, 0.1) is 5.69 Å². The van der Waals surface area contributed by atoms with Crippen LogP contribution < -0.4 is 4.90 Å². The topological polar surface area (TPSA) is 75.0 Å². The number of anilines is 1.